The number of nitrogens with two attached hydrogens (primary N) is 2. The van der Waals surface area contributed by atoms with Crippen LogP contribution in [-0.2, 0) is 9.59 Å². The zero-order valence-electron chi connectivity index (χ0n) is 33.6. The number of hydrogen-bond donors (Lipinski definition) is 5. The minimum absolute atomic E-state index is 0.0800. The Kier molecular flexibility index (Phi) is 11.6. The number of aromatic nitrogens is 4. The molecule has 1 atom stereocenters. The maximum Gasteiger partial charge on any atom is 0.303 e. The van der Waals surface area contributed by atoms with Crippen LogP contribution in [0, 0.1) is 11.8 Å². The first kappa shape index (κ1) is 40.4. The lowest BCUT2D eigenvalue weighted by atomic mass is 9.77. The number of nitrogens with zero attached hydrogens (tertiary/aromatic N) is 5. The van der Waals surface area contributed by atoms with E-state index in [1.165, 1.54) is 23.8 Å². The van der Waals surface area contributed by atoms with Gasteiger partial charge in [0.15, 0.2) is 17.3 Å². The van der Waals surface area contributed by atoms with Gasteiger partial charge >= 0.3 is 11.9 Å². The zero-order valence-corrected chi connectivity index (χ0v) is 33.6. The lowest BCUT2D eigenvalue weighted by Crippen LogP contribution is -2.44. The van der Waals surface area contributed by atoms with Gasteiger partial charge in [-0.15, -0.1) is 0 Å². The molecule has 0 bridgehead atoms. The average molecular weight is 791 g/mol. The van der Waals surface area contributed by atoms with E-state index >= 15 is 0 Å². The lowest BCUT2D eigenvalue weighted by molar-refractivity contribution is -0.139. The Morgan fingerprint density at radius 1 is 0.672 bits per heavy atom. The molecule has 2 aromatic heterocycles. The van der Waals surface area contributed by atoms with Gasteiger partial charge in [0.1, 0.15) is 29.5 Å². The second-order valence-electron chi connectivity index (χ2n) is 17.1. The molecule has 2 fully saturated rings. The molecule has 7 N–H and O–H groups in total. The minimum atomic E-state index is -0.691. The van der Waals surface area contributed by atoms with Crippen LogP contribution in [0.1, 0.15) is 132 Å². The van der Waals surface area contributed by atoms with Gasteiger partial charge in [-0.2, -0.15) is 9.97 Å². The first-order chi connectivity index (χ1) is 27.7. The molecule has 2 aliphatic heterocycles. The van der Waals surface area contributed by atoms with Crippen LogP contribution in [0.2, 0.25) is 0 Å². The monoisotopic (exact) mass is 790 g/mol. The summed E-state index contributed by atoms with van der Waals surface area (Å²) >= 11 is 0. The highest BCUT2D eigenvalue weighted by molar-refractivity contribution is 6.09. The van der Waals surface area contributed by atoms with Crippen molar-refractivity contribution in [3.05, 3.63) is 83.4 Å². The summed E-state index contributed by atoms with van der Waals surface area (Å²) < 4.78 is 12.2. The Morgan fingerprint density at radius 2 is 1.16 bits per heavy atom. The Hall–Kier alpha value is -5.79. The van der Waals surface area contributed by atoms with Crippen molar-refractivity contribution in [3.8, 4) is 11.8 Å². The average Bonchev–Trinajstić information content (AvgIpc) is 3.18. The van der Waals surface area contributed by atoms with Crippen molar-refractivity contribution in [1.82, 2.24) is 19.9 Å². The summed E-state index contributed by atoms with van der Waals surface area (Å²) in [5.41, 5.74) is 17.4. The fourth-order valence-corrected chi connectivity index (χ4v) is 8.98. The quantitative estimate of drug-likeness (QED) is 0.114. The fraction of sp³-hybridized carbons (Fsp3) is 0.477. The normalized spacial score (nSPS) is 24.1. The van der Waals surface area contributed by atoms with Crippen molar-refractivity contribution in [3.63, 3.8) is 0 Å². The maximum atomic E-state index is 10.9. The van der Waals surface area contributed by atoms with Gasteiger partial charge in [0, 0.05) is 18.4 Å². The smallest absolute Gasteiger partial charge is 0.303 e. The molecule has 0 spiro atoms. The summed E-state index contributed by atoms with van der Waals surface area (Å²) in [7, 11) is 0. The predicted octanol–water partition coefficient (Wildman–Crippen LogP) is 8.23. The van der Waals surface area contributed by atoms with Crippen LogP contribution < -0.4 is 26.3 Å². The molecule has 2 aromatic carbocycles. The Labute approximate surface area is 338 Å². The molecule has 4 aromatic rings. The zero-order chi connectivity index (χ0) is 41.2. The number of nitrogens with one attached hydrogen (secondary N) is 1. The van der Waals surface area contributed by atoms with E-state index in [1.54, 1.807) is 0 Å². The third kappa shape index (κ3) is 9.00. The van der Waals surface area contributed by atoms with E-state index in [9.17, 15) is 9.59 Å². The first-order valence-electron chi connectivity index (χ1n) is 20.2. The van der Waals surface area contributed by atoms with Gasteiger partial charge in [-0.1, -0.05) is 48.5 Å². The highest BCUT2D eigenvalue weighted by Crippen LogP contribution is 2.45. The number of carboxylic acid groups (broad SMARTS) is 2. The van der Waals surface area contributed by atoms with Gasteiger partial charge in [0.05, 0.1) is 11.8 Å². The van der Waals surface area contributed by atoms with Crippen LogP contribution in [-0.4, -0.2) is 59.0 Å². The number of nitrogen functional groups attached to an aromatic ring is 2. The molecule has 2 aliphatic carbocycles. The Morgan fingerprint density at radius 3 is 1.69 bits per heavy atom. The third-order valence-corrected chi connectivity index (χ3v) is 12.2. The number of anilines is 3. The first-order valence-corrected chi connectivity index (χ1v) is 20.2. The van der Waals surface area contributed by atoms with Crippen molar-refractivity contribution in [2.24, 2.45) is 16.8 Å². The minimum Gasteiger partial charge on any atom is -0.481 e. The van der Waals surface area contributed by atoms with Crippen molar-refractivity contribution < 1.29 is 29.3 Å². The van der Waals surface area contributed by atoms with Crippen LogP contribution in [0.3, 0.4) is 0 Å². The van der Waals surface area contributed by atoms with Gasteiger partial charge in [0.25, 0.3) is 0 Å². The number of benzene rings is 2. The van der Waals surface area contributed by atoms with Crippen LogP contribution >= 0.6 is 0 Å². The molecule has 0 saturated heterocycles. The number of carbonyl (C=O) groups is 2. The van der Waals surface area contributed by atoms with E-state index in [4.69, 9.17) is 36.1 Å². The summed E-state index contributed by atoms with van der Waals surface area (Å²) in [5.74, 6) is 1.81. The van der Waals surface area contributed by atoms with E-state index in [2.05, 4.69) is 73.8 Å². The molecule has 14 heteroatoms. The van der Waals surface area contributed by atoms with E-state index in [0.29, 0.717) is 64.9 Å². The number of fused-ring (bicyclic) bond motifs is 2. The summed E-state index contributed by atoms with van der Waals surface area (Å²) in [5, 5.41) is 21.4. The molecule has 2 saturated carbocycles. The Bertz CT molecular complexity index is 2140. The molecule has 8 rings (SSSR count). The molecule has 0 amide bonds. The molecule has 1 unspecified atom stereocenters. The summed E-state index contributed by atoms with van der Waals surface area (Å²) in [4.78, 5) is 43.0. The van der Waals surface area contributed by atoms with Crippen LogP contribution in [0.15, 0.2) is 66.2 Å². The number of rotatable bonds is 8. The Balaban J connectivity index is 0.000000177. The molecular weight excluding hydrogens is 737 g/mol. The molecule has 14 nitrogen and oxygen atoms in total. The number of aliphatic imine (C=N–C) groups is 1. The fourth-order valence-electron chi connectivity index (χ4n) is 8.98. The van der Waals surface area contributed by atoms with Crippen LogP contribution in [0.5, 0.6) is 11.8 Å². The molecule has 58 heavy (non-hydrogen) atoms. The maximum absolute atomic E-state index is 10.9. The van der Waals surface area contributed by atoms with Crippen molar-refractivity contribution in [2.75, 3.05) is 16.8 Å². The van der Waals surface area contributed by atoms with Gasteiger partial charge in [-0.3, -0.25) is 9.59 Å². The van der Waals surface area contributed by atoms with Crippen molar-refractivity contribution >= 4 is 40.7 Å². The summed E-state index contributed by atoms with van der Waals surface area (Å²) in [6.07, 6.45) is 11.5. The molecule has 4 heterocycles. The molecule has 4 aliphatic rings. The van der Waals surface area contributed by atoms with Crippen molar-refractivity contribution in [1.29, 1.82) is 0 Å². The summed E-state index contributed by atoms with van der Waals surface area (Å²) in [6.45, 7) is 7.99. The third-order valence-electron chi connectivity index (χ3n) is 12.2. The van der Waals surface area contributed by atoms with Gasteiger partial charge in [-0.05, 0) is 119 Å². The SMILES string of the molecule is CC1(C)Oc2ncnc(N)c2N=C1c1ccc(C2CCC(CC(=O)O)CC2)cc1.CC1(C)Oc2ncnc(N)c2NC1c1ccc(C2CCC(CC(=O)O)CC2)cc1. The van der Waals surface area contributed by atoms with Crippen molar-refractivity contribution in [2.45, 2.75) is 121 Å². The standard InChI is InChI=1S/C22H28N4O3.C22H26N4O3/c2*1-22(2)19(26-18-20(23)24-12-25-21(18)29-22)16-9-7-15(8-10-16)14-5-3-13(4-6-14)11-17(27)28/h7-10,12-14,19,26H,3-6,11H2,1-2H3,(H,27,28)(H2,23,24,25);7-10,12-14H,3-6,11H2,1-2H3,(H,27,28)(H2,23,24,25). The molecular formula is C44H54N8O6. The predicted molar refractivity (Wildman–Crippen MR) is 222 cm³/mol. The van der Waals surface area contributed by atoms with E-state index in [0.717, 1.165) is 68.2 Å². The van der Waals surface area contributed by atoms with Gasteiger partial charge < -0.3 is 36.5 Å². The number of carboxylic acids is 2. The number of ether oxygens (including phenoxy) is 2. The highest BCUT2D eigenvalue weighted by Gasteiger charge is 2.40. The van der Waals surface area contributed by atoms with E-state index < -0.39 is 23.1 Å². The summed E-state index contributed by atoms with van der Waals surface area (Å²) in [6, 6.07) is 17.0. The van der Waals surface area contributed by atoms with E-state index in [1.807, 2.05) is 27.7 Å². The van der Waals surface area contributed by atoms with Gasteiger partial charge in [-0.25, -0.2) is 15.0 Å². The second kappa shape index (κ2) is 16.6. The van der Waals surface area contributed by atoms with E-state index in [-0.39, 0.29) is 12.5 Å². The second-order valence-corrected chi connectivity index (χ2v) is 17.1. The highest BCUT2D eigenvalue weighted by atomic mass is 16.5. The molecule has 0 radical (unpaired) electrons. The number of aliphatic carboxylic acids is 2. The van der Waals surface area contributed by atoms with Crippen LogP contribution in [0.25, 0.3) is 0 Å². The number of hydrogen-bond acceptors (Lipinski definition) is 12. The van der Waals surface area contributed by atoms with Crippen LogP contribution in [0.4, 0.5) is 23.0 Å². The molecule has 306 valence electrons. The van der Waals surface area contributed by atoms with Gasteiger partial charge in [0.2, 0.25) is 11.8 Å². The largest absolute Gasteiger partial charge is 0.481 e. The lowest BCUT2D eigenvalue weighted by Gasteiger charge is -2.40. The topological polar surface area (TPSA) is 221 Å².